The highest BCUT2D eigenvalue weighted by Gasteiger charge is 2.30. The first-order valence-electron chi connectivity index (χ1n) is 6.41. The lowest BCUT2D eigenvalue weighted by atomic mass is 10.1. The lowest BCUT2D eigenvalue weighted by Crippen LogP contribution is -2.30. The number of benzene rings is 1. The zero-order chi connectivity index (χ0) is 14.2. The maximum atomic E-state index is 11.6. The molecule has 0 radical (unpaired) electrons. The van der Waals surface area contributed by atoms with Gasteiger partial charge >= 0.3 is 0 Å². The Morgan fingerprint density at radius 2 is 1.89 bits per heavy atom. The molecule has 1 amide bonds. The number of hydrogen-bond acceptors (Lipinski definition) is 3. The minimum Gasteiger partial charge on any atom is -0.370 e. The maximum Gasteiger partial charge on any atom is 0.296 e. The molecular formula is C14H17ClN2O2. The molecule has 0 fully saturated rings. The minimum atomic E-state index is -0.589. The standard InChI is InChI=1S/C14H17ClN2O2/c1-4-8(5-2)17(3)12-7-11-9(6-10(12)15)13(18)14(19)16-11/h6-8H,4-5H2,1-3H3,(H,16,18,19). The number of nitrogens with zero attached hydrogens (tertiary/aromatic N) is 1. The van der Waals surface area contributed by atoms with Gasteiger partial charge in [0.25, 0.3) is 11.7 Å². The summed E-state index contributed by atoms with van der Waals surface area (Å²) >= 11 is 6.24. The van der Waals surface area contributed by atoms with Crippen LogP contribution in [0.4, 0.5) is 11.4 Å². The Kier molecular flexibility index (Phi) is 3.80. The molecule has 0 aliphatic carbocycles. The highest BCUT2D eigenvalue weighted by Crippen LogP contribution is 2.35. The van der Waals surface area contributed by atoms with Crippen LogP contribution < -0.4 is 10.2 Å². The van der Waals surface area contributed by atoms with Gasteiger partial charge in [0.1, 0.15) is 0 Å². The number of rotatable bonds is 4. The predicted molar refractivity (Wildman–Crippen MR) is 77.2 cm³/mol. The molecule has 0 atom stereocenters. The second-order valence-electron chi connectivity index (χ2n) is 4.71. The van der Waals surface area contributed by atoms with Crippen molar-refractivity contribution >= 4 is 34.7 Å². The molecule has 102 valence electrons. The second-order valence-corrected chi connectivity index (χ2v) is 5.12. The van der Waals surface area contributed by atoms with Crippen LogP contribution in [0.1, 0.15) is 37.0 Å². The van der Waals surface area contributed by atoms with Crippen LogP contribution in [-0.2, 0) is 4.79 Å². The van der Waals surface area contributed by atoms with Crippen molar-refractivity contribution in [3.05, 3.63) is 22.7 Å². The number of halogens is 1. The van der Waals surface area contributed by atoms with Crippen molar-refractivity contribution in [3.63, 3.8) is 0 Å². The topological polar surface area (TPSA) is 49.4 Å². The number of carbonyl (C=O) groups excluding carboxylic acids is 2. The normalized spacial score (nSPS) is 13.7. The Hall–Kier alpha value is -1.55. The van der Waals surface area contributed by atoms with E-state index in [2.05, 4.69) is 24.1 Å². The summed E-state index contributed by atoms with van der Waals surface area (Å²) in [4.78, 5) is 25.0. The number of ketones is 1. The van der Waals surface area contributed by atoms with Crippen molar-refractivity contribution in [3.8, 4) is 0 Å². The fourth-order valence-corrected chi connectivity index (χ4v) is 2.75. The lowest BCUT2D eigenvalue weighted by Gasteiger charge is -2.29. The van der Waals surface area contributed by atoms with Crippen molar-refractivity contribution in [2.75, 3.05) is 17.3 Å². The van der Waals surface area contributed by atoms with Crippen molar-refractivity contribution in [2.45, 2.75) is 32.7 Å². The Bertz CT molecular complexity index is 538. The van der Waals surface area contributed by atoms with E-state index in [1.165, 1.54) is 0 Å². The molecule has 4 nitrogen and oxygen atoms in total. The van der Waals surface area contributed by atoms with Gasteiger partial charge < -0.3 is 10.2 Å². The van der Waals surface area contributed by atoms with Crippen LogP contribution in [0.5, 0.6) is 0 Å². The van der Waals surface area contributed by atoms with Crippen LogP contribution in [0.3, 0.4) is 0 Å². The summed E-state index contributed by atoms with van der Waals surface area (Å²) in [6.45, 7) is 4.24. The van der Waals surface area contributed by atoms with E-state index in [0.29, 0.717) is 22.3 Å². The zero-order valence-corrected chi connectivity index (χ0v) is 12.0. The van der Waals surface area contributed by atoms with E-state index in [1.807, 2.05) is 7.05 Å². The summed E-state index contributed by atoms with van der Waals surface area (Å²) in [7, 11) is 1.98. The third-order valence-electron chi connectivity index (χ3n) is 3.66. The molecule has 1 N–H and O–H groups in total. The van der Waals surface area contributed by atoms with Crippen LogP contribution in [-0.4, -0.2) is 24.8 Å². The molecule has 2 rings (SSSR count). The number of fused-ring (bicyclic) bond motifs is 1. The maximum absolute atomic E-state index is 11.6. The van der Waals surface area contributed by atoms with Gasteiger partial charge in [0.15, 0.2) is 0 Å². The SMILES string of the molecule is CCC(CC)N(C)c1cc2c(cc1Cl)C(=O)C(=O)N2. The zero-order valence-electron chi connectivity index (χ0n) is 11.3. The van der Waals surface area contributed by atoms with Gasteiger partial charge in [-0.05, 0) is 25.0 Å². The van der Waals surface area contributed by atoms with Crippen molar-refractivity contribution in [2.24, 2.45) is 0 Å². The van der Waals surface area contributed by atoms with Crippen molar-refractivity contribution in [1.29, 1.82) is 0 Å². The average molecular weight is 281 g/mol. The highest BCUT2D eigenvalue weighted by molar-refractivity contribution is 6.52. The lowest BCUT2D eigenvalue weighted by molar-refractivity contribution is -0.112. The van der Waals surface area contributed by atoms with Crippen LogP contribution in [0, 0.1) is 0 Å². The Morgan fingerprint density at radius 1 is 1.26 bits per heavy atom. The predicted octanol–water partition coefficient (Wildman–Crippen LogP) is 3.10. The van der Waals surface area contributed by atoms with Gasteiger partial charge in [0.05, 0.1) is 22.0 Å². The summed E-state index contributed by atoms with van der Waals surface area (Å²) in [5.41, 5.74) is 1.74. The molecule has 5 heteroatoms. The molecule has 1 aliphatic rings. The summed E-state index contributed by atoms with van der Waals surface area (Å²) < 4.78 is 0. The number of Topliss-reactive ketones (excluding diaryl/α,β-unsaturated/α-hetero) is 1. The van der Waals surface area contributed by atoms with Gasteiger partial charge in [-0.3, -0.25) is 9.59 Å². The monoisotopic (exact) mass is 280 g/mol. The van der Waals surface area contributed by atoms with Crippen LogP contribution in [0.25, 0.3) is 0 Å². The number of hydrogen-bond donors (Lipinski definition) is 1. The summed E-state index contributed by atoms with van der Waals surface area (Å²) in [6.07, 6.45) is 2.01. The van der Waals surface area contributed by atoms with Gasteiger partial charge in [-0.2, -0.15) is 0 Å². The van der Waals surface area contributed by atoms with Gasteiger partial charge in [0, 0.05) is 13.1 Å². The molecule has 0 aromatic heterocycles. The fraction of sp³-hybridized carbons (Fsp3) is 0.429. The number of anilines is 2. The summed E-state index contributed by atoms with van der Waals surface area (Å²) in [5.74, 6) is -1.11. The van der Waals surface area contributed by atoms with Crippen LogP contribution in [0.15, 0.2) is 12.1 Å². The molecule has 1 aromatic rings. The quantitative estimate of drug-likeness (QED) is 0.862. The first kappa shape index (κ1) is 13.9. The van der Waals surface area contributed by atoms with E-state index in [0.717, 1.165) is 18.5 Å². The molecule has 1 aromatic carbocycles. The minimum absolute atomic E-state index is 0.358. The molecule has 0 saturated heterocycles. The molecule has 0 unspecified atom stereocenters. The Labute approximate surface area is 117 Å². The van der Waals surface area contributed by atoms with E-state index in [1.54, 1.807) is 12.1 Å². The summed E-state index contributed by atoms with van der Waals surface area (Å²) in [6, 6.07) is 3.73. The molecule has 1 aliphatic heterocycles. The molecule has 0 spiro atoms. The highest BCUT2D eigenvalue weighted by atomic mass is 35.5. The third-order valence-corrected chi connectivity index (χ3v) is 3.96. The molecule has 0 bridgehead atoms. The first-order chi connectivity index (χ1) is 8.99. The van der Waals surface area contributed by atoms with Crippen LogP contribution >= 0.6 is 11.6 Å². The van der Waals surface area contributed by atoms with E-state index in [-0.39, 0.29) is 0 Å². The van der Waals surface area contributed by atoms with E-state index in [9.17, 15) is 9.59 Å². The van der Waals surface area contributed by atoms with E-state index < -0.39 is 11.7 Å². The van der Waals surface area contributed by atoms with Gasteiger partial charge in [-0.1, -0.05) is 25.4 Å². The molecule has 19 heavy (non-hydrogen) atoms. The number of carbonyl (C=O) groups is 2. The molecular weight excluding hydrogens is 264 g/mol. The van der Waals surface area contributed by atoms with Crippen molar-refractivity contribution in [1.82, 2.24) is 0 Å². The Balaban J connectivity index is 2.42. The molecule has 0 saturated carbocycles. The van der Waals surface area contributed by atoms with Crippen molar-refractivity contribution < 1.29 is 9.59 Å². The third kappa shape index (κ3) is 2.32. The average Bonchev–Trinajstić information content (AvgIpc) is 2.66. The van der Waals surface area contributed by atoms with Gasteiger partial charge in [-0.25, -0.2) is 0 Å². The van der Waals surface area contributed by atoms with Gasteiger partial charge in [0.2, 0.25) is 0 Å². The first-order valence-corrected chi connectivity index (χ1v) is 6.79. The smallest absolute Gasteiger partial charge is 0.296 e. The number of amides is 1. The largest absolute Gasteiger partial charge is 0.370 e. The molecule has 1 heterocycles. The van der Waals surface area contributed by atoms with E-state index in [4.69, 9.17) is 11.6 Å². The summed E-state index contributed by atoms with van der Waals surface area (Å²) in [5, 5.41) is 3.07. The number of nitrogens with one attached hydrogen (secondary N) is 1. The second kappa shape index (κ2) is 5.21. The van der Waals surface area contributed by atoms with Crippen LogP contribution in [0.2, 0.25) is 5.02 Å². The fourth-order valence-electron chi connectivity index (χ4n) is 2.46. The van der Waals surface area contributed by atoms with Gasteiger partial charge in [-0.15, -0.1) is 0 Å². The van der Waals surface area contributed by atoms with E-state index >= 15 is 0 Å². The Morgan fingerprint density at radius 3 is 2.47 bits per heavy atom.